The summed E-state index contributed by atoms with van der Waals surface area (Å²) in [4.78, 5) is 2.22. The first-order valence-corrected chi connectivity index (χ1v) is 8.13. The van der Waals surface area contributed by atoms with Crippen molar-refractivity contribution in [3.8, 4) is 11.8 Å². The van der Waals surface area contributed by atoms with Gasteiger partial charge in [-0.15, -0.1) is 0 Å². The number of aliphatic hydroxyl groups excluding tert-OH is 1. The quantitative estimate of drug-likeness (QED) is 0.845. The molecule has 124 valence electrons. The van der Waals surface area contributed by atoms with Crippen molar-refractivity contribution in [2.75, 3.05) is 19.6 Å². The summed E-state index contributed by atoms with van der Waals surface area (Å²) in [7, 11) is 0. The van der Waals surface area contributed by atoms with Crippen molar-refractivity contribution in [3.63, 3.8) is 0 Å². The van der Waals surface area contributed by atoms with Gasteiger partial charge in [-0.05, 0) is 17.7 Å². The molecular formula is C20H21FN2O. The van der Waals surface area contributed by atoms with E-state index in [1.807, 2.05) is 18.2 Å². The Kier molecular flexibility index (Phi) is 5.60. The molecular weight excluding hydrogens is 303 g/mol. The Morgan fingerprint density at radius 2 is 1.83 bits per heavy atom. The Bertz CT molecular complexity index is 723. The molecule has 0 aliphatic carbocycles. The van der Waals surface area contributed by atoms with Gasteiger partial charge in [-0.25, -0.2) is 4.39 Å². The topological polar surface area (TPSA) is 35.5 Å². The van der Waals surface area contributed by atoms with Crippen LogP contribution >= 0.6 is 0 Å². The maximum Gasteiger partial charge on any atom is 0.138 e. The highest BCUT2D eigenvalue weighted by Crippen LogP contribution is 2.14. The molecule has 2 unspecified atom stereocenters. The number of halogens is 1. The van der Waals surface area contributed by atoms with E-state index in [2.05, 4.69) is 34.2 Å². The Balaban J connectivity index is 1.49. The number of likely N-dealkylation sites (tertiary alicyclic amines) is 1. The second kappa shape index (κ2) is 8.07. The SMILES string of the molecule is OC1CN(Cc2ccccc2)CC1NCC#Cc1ccccc1F. The molecule has 2 aromatic rings. The summed E-state index contributed by atoms with van der Waals surface area (Å²) in [5, 5.41) is 13.4. The number of benzene rings is 2. The number of aliphatic hydroxyl groups is 1. The van der Waals surface area contributed by atoms with E-state index in [9.17, 15) is 9.50 Å². The van der Waals surface area contributed by atoms with Crippen LogP contribution < -0.4 is 5.32 Å². The fourth-order valence-electron chi connectivity index (χ4n) is 2.92. The first-order chi connectivity index (χ1) is 11.7. The predicted molar refractivity (Wildman–Crippen MR) is 92.8 cm³/mol. The molecule has 3 rings (SSSR count). The largest absolute Gasteiger partial charge is 0.390 e. The van der Waals surface area contributed by atoms with Crippen LogP contribution in [0.4, 0.5) is 4.39 Å². The molecule has 1 aliphatic heterocycles. The monoisotopic (exact) mass is 324 g/mol. The van der Waals surface area contributed by atoms with Gasteiger partial charge >= 0.3 is 0 Å². The molecule has 0 aromatic heterocycles. The number of hydrogen-bond donors (Lipinski definition) is 2. The Morgan fingerprint density at radius 3 is 2.62 bits per heavy atom. The van der Waals surface area contributed by atoms with Gasteiger partial charge in [0.1, 0.15) is 5.82 Å². The molecule has 1 aliphatic rings. The zero-order chi connectivity index (χ0) is 16.8. The number of β-amino-alcohol motifs (C(OH)–C–C–N with tert-alkyl or cyclic N) is 1. The summed E-state index contributed by atoms with van der Waals surface area (Å²) in [5.41, 5.74) is 1.64. The summed E-state index contributed by atoms with van der Waals surface area (Å²) in [6, 6.07) is 16.7. The van der Waals surface area contributed by atoms with Crippen molar-refractivity contribution in [2.24, 2.45) is 0 Å². The zero-order valence-corrected chi connectivity index (χ0v) is 13.5. The van der Waals surface area contributed by atoms with Crippen LogP contribution in [-0.2, 0) is 6.54 Å². The van der Waals surface area contributed by atoms with E-state index in [-0.39, 0.29) is 11.9 Å². The predicted octanol–water partition coefficient (Wildman–Crippen LogP) is 2.01. The van der Waals surface area contributed by atoms with Gasteiger partial charge in [-0.2, -0.15) is 0 Å². The van der Waals surface area contributed by atoms with Crippen LogP contribution in [0.3, 0.4) is 0 Å². The van der Waals surface area contributed by atoms with Gasteiger partial charge < -0.3 is 5.11 Å². The molecule has 0 amide bonds. The molecule has 4 heteroatoms. The van der Waals surface area contributed by atoms with Crippen molar-refractivity contribution in [3.05, 3.63) is 71.5 Å². The van der Waals surface area contributed by atoms with E-state index in [1.165, 1.54) is 11.6 Å². The fraction of sp³-hybridized carbons (Fsp3) is 0.300. The van der Waals surface area contributed by atoms with Crippen LogP contribution in [-0.4, -0.2) is 41.8 Å². The third kappa shape index (κ3) is 4.42. The maximum atomic E-state index is 13.5. The minimum Gasteiger partial charge on any atom is -0.390 e. The second-order valence-electron chi connectivity index (χ2n) is 6.02. The number of nitrogens with one attached hydrogen (secondary N) is 1. The van der Waals surface area contributed by atoms with Gasteiger partial charge in [0.05, 0.1) is 18.2 Å². The van der Waals surface area contributed by atoms with E-state index in [0.29, 0.717) is 18.7 Å². The fourth-order valence-corrected chi connectivity index (χ4v) is 2.92. The van der Waals surface area contributed by atoms with Crippen molar-refractivity contribution in [1.82, 2.24) is 10.2 Å². The third-order valence-corrected chi connectivity index (χ3v) is 4.16. The average Bonchev–Trinajstić information content (AvgIpc) is 2.93. The van der Waals surface area contributed by atoms with Crippen LogP contribution in [0.5, 0.6) is 0 Å². The first kappa shape index (κ1) is 16.7. The highest BCUT2D eigenvalue weighted by atomic mass is 19.1. The Morgan fingerprint density at radius 1 is 1.08 bits per heavy atom. The molecule has 1 heterocycles. The molecule has 1 saturated heterocycles. The lowest BCUT2D eigenvalue weighted by molar-refractivity contribution is 0.155. The van der Waals surface area contributed by atoms with Crippen molar-refractivity contribution in [2.45, 2.75) is 18.7 Å². The van der Waals surface area contributed by atoms with Gasteiger partial charge in [0.25, 0.3) is 0 Å². The van der Waals surface area contributed by atoms with E-state index >= 15 is 0 Å². The smallest absolute Gasteiger partial charge is 0.138 e. The van der Waals surface area contributed by atoms with E-state index < -0.39 is 6.10 Å². The second-order valence-corrected chi connectivity index (χ2v) is 6.02. The van der Waals surface area contributed by atoms with Crippen molar-refractivity contribution >= 4 is 0 Å². The van der Waals surface area contributed by atoms with Crippen LogP contribution in [0.15, 0.2) is 54.6 Å². The molecule has 3 nitrogen and oxygen atoms in total. The molecule has 24 heavy (non-hydrogen) atoms. The summed E-state index contributed by atoms with van der Waals surface area (Å²) in [5.74, 6) is 5.44. The van der Waals surface area contributed by atoms with Gasteiger partial charge in [-0.1, -0.05) is 54.3 Å². The minimum atomic E-state index is -0.413. The van der Waals surface area contributed by atoms with Gasteiger partial charge in [-0.3, -0.25) is 10.2 Å². The summed E-state index contributed by atoms with van der Waals surface area (Å²) >= 11 is 0. The van der Waals surface area contributed by atoms with Gasteiger partial charge in [0.15, 0.2) is 0 Å². The molecule has 2 N–H and O–H groups in total. The standard InChI is InChI=1S/C20H21FN2O/c21-18-11-5-4-9-17(18)10-6-12-22-19-14-23(15-20(19)24)13-16-7-2-1-3-8-16/h1-5,7-9,11,19-20,22,24H,12-15H2. The number of rotatable bonds is 4. The van der Waals surface area contributed by atoms with Crippen LogP contribution in [0.2, 0.25) is 0 Å². The third-order valence-electron chi connectivity index (χ3n) is 4.16. The van der Waals surface area contributed by atoms with Crippen molar-refractivity contribution < 1.29 is 9.50 Å². The minimum absolute atomic E-state index is 0.0105. The van der Waals surface area contributed by atoms with Crippen molar-refractivity contribution in [1.29, 1.82) is 0 Å². The van der Waals surface area contributed by atoms with Crippen LogP contribution in [0.25, 0.3) is 0 Å². The molecule has 0 spiro atoms. The van der Waals surface area contributed by atoms with E-state index in [4.69, 9.17) is 0 Å². The lowest BCUT2D eigenvalue weighted by Gasteiger charge is -2.15. The lowest BCUT2D eigenvalue weighted by atomic mass is 10.2. The summed E-state index contributed by atoms with van der Waals surface area (Å²) in [6.07, 6.45) is -0.413. The maximum absolute atomic E-state index is 13.5. The zero-order valence-electron chi connectivity index (χ0n) is 13.5. The molecule has 0 saturated carbocycles. The highest BCUT2D eigenvalue weighted by molar-refractivity contribution is 5.35. The molecule has 0 radical (unpaired) electrons. The normalized spacial score (nSPS) is 20.6. The first-order valence-electron chi connectivity index (χ1n) is 8.13. The highest BCUT2D eigenvalue weighted by Gasteiger charge is 2.30. The van der Waals surface area contributed by atoms with E-state index in [0.717, 1.165) is 13.1 Å². The van der Waals surface area contributed by atoms with Crippen LogP contribution in [0, 0.1) is 17.7 Å². The molecule has 2 atom stereocenters. The average molecular weight is 324 g/mol. The molecule has 0 bridgehead atoms. The number of hydrogen-bond acceptors (Lipinski definition) is 3. The van der Waals surface area contributed by atoms with Gasteiger partial charge in [0, 0.05) is 25.7 Å². The van der Waals surface area contributed by atoms with Gasteiger partial charge in [0.2, 0.25) is 0 Å². The summed E-state index contributed by atoms with van der Waals surface area (Å²) < 4.78 is 13.5. The Labute approximate surface area is 142 Å². The summed E-state index contributed by atoms with van der Waals surface area (Å²) in [6.45, 7) is 2.68. The molecule has 2 aromatic carbocycles. The molecule has 1 fully saturated rings. The van der Waals surface area contributed by atoms with E-state index in [1.54, 1.807) is 18.2 Å². The van der Waals surface area contributed by atoms with Crippen LogP contribution in [0.1, 0.15) is 11.1 Å². The number of nitrogens with zero attached hydrogens (tertiary/aromatic N) is 1. The Hall–Kier alpha value is -2.19. The lowest BCUT2D eigenvalue weighted by Crippen LogP contribution is -2.39.